The molecule has 7 nitrogen and oxygen atoms in total. The summed E-state index contributed by atoms with van der Waals surface area (Å²) in [5.41, 5.74) is 4.86. The van der Waals surface area contributed by atoms with Crippen LogP contribution < -0.4 is 16.2 Å². The molecule has 1 saturated heterocycles. The molecule has 0 radical (unpaired) electrons. The zero-order valence-corrected chi connectivity index (χ0v) is 7.69. The Kier molecular flexibility index (Phi) is 2.00. The van der Waals surface area contributed by atoms with Crippen LogP contribution in [0.5, 0.6) is 0 Å². The number of rotatable bonds is 1. The Morgan fingerprint density at radius 3 is 2.67 bits per heavy atom. The summed E-state index contributed by atoms with van der Waals surface area (Å²) in [6, 6.07) is 1.13. The summed E-state index contributed by atoms with van der Waals surface area (Å²) < 4.78 is 0. The number of anilines is 2. The van der Waals surface area contributed by atoms with Gasteiger partial charge in [-0.25, -0.2) is 0 Å². The molecule has 0 bridgehead atoms. The Morgan fingerprint density at radius 2 is 2.13 bits per heavy atom. The first-order chi connectivity index (χ1) is 7.06. The standard InChI is InChI=1S/C8H8N4O3/c9-8-10-5(2-6(14)11-8)12-3-4(13)1-7(12)15/h2H,1,3H2,(H3,9,10,11,14). The topological polar surface area (TPSA) is 109 Å². The summed E-state index contributed by atoms with van der Waals surface area (Å²) in [5.74, 6) is -0.519. The molecule has 0 saturated carbocycles. The largest absolute Gasteiger partial charge is 0.369 e. The fourth-order valence-electron chi connectivity index (χ4n) is 1.39. The van der Waals surface area contributed by atoms with E-state index in [2.05, 4.69) is 9.97 Å². The lowest BCUT2D eigenvalue weighted by molar-refractivity contribution is -0.121. The van der Waals surface area contributed by atoms with E-state index in [9.17, 15) is 14.4 Å². The lowest BCUT2D eigenvalue weighted by Gasteiger charge is -2.12. The number of H-pyrrole nitrogens is 1. The maximum Gasteiger partial charge on any atom is 0.254 e. The van der Waals surface area contributed by atoms with Gasteiger partial charge in [-0.15, -0.1) is 0 Å². The molecular formula is C8H8N4O3. The first-order valence-corrected chi connectivity index (χ1v) is 4.25. The third-order valence-corrected chi connectivity index (χ3v) is 2.01. The van der Waals surface area contributed by atoms with Gasteiger partial charge in [-0.3, -0.25) is 24.3 Å². The van der Waals surface area contributed by atoms with Gasteiger partial charge in [0.2, 0.25) is 11.9 Å². The lowest BCUT2D eigenvalue weighted by Crippen LogP contribution is -2.27. The minimum atomic E-state index is -0.454. The van der Waals surface area contributed by atoms with Gasteiger partial charge in [0.15, 0.2) is 5.78 Å². The second kappa shape index (κ2) is 3.19. The molecule has 0 aromatic carbocycles. The van der Waals surface area contributed by atoms with E-state index in [1.165, 1.54) is 0 Å². The quantitative estimate of drug-likeness (QED) is 0.555. The molecule has 1 aliphatic heterocycles. The van der Waals surface area contributed by atoms with E-state index in [0.717, 1.165) is 11.0 Å². The van der Waals surface area contributed by atoms with Gasteiger partial charge in [0.05, 0.1) is 13.0 Å². The summed E-state index contributed by atoms with van der Waals surface area (Å²) in [6.07, 6.45) is -0.144. The fourth-order valence-corrected chi connectivity index (χ4v) is 1.39. The number of aromatic amines is 1. The van der Waals surface area contributed by atoms with Gasteiger partial charge in [0, 0.05) is 6.07 Å². The molecule has 0 unspecified atom stereocenters. The Bertz CT molecular complexity index is 493. The minimum absolute atomic E-state index is 0.0469. The van der Waals surface area contributed by atoms with Crippen molar-refractivity contribution in [1.82, 2.24) is 9.97 Å². The van der Waals surface area contributed by atoms with Gasteiger partial charge in [0.1, 0.15) is 5.82 Å². The van der Waals surface area contributed by atoms with E-state index < -0.39 is 5.56 Å². The summed E-state index contributed by atoms with van der Waals surface area (Å²) in [7, 11) is 0. The molecule has 0 atom stereocenters. The van der Waals surface area contributed by atoms with Crippen LogP contribution >= 0.6 is 0 Å². The monoisotopic (exact) mass is 208 g/mol. The average Bonchev–Trinajstić information content (AvgIpc) is 2.43. The third kappa shape index (κ3) is 1.71. The zero-order valence-electron chi connectivity index (χ0n) is 7.69. The number of carbonyl (C=O) groups excluding carboxylic acids is 2. The van der Waals surface area contributed by atoms with Crippen LogP contribution in [0, 0.1) is 0 Å². The van der Waals surface area contributed by atoms with Crippen molar-refractivity contribution < 1.29 is 9.59 Å². The number of nitrogens with zero attached hydrogens (tertiary/aromatic N) is 2. The van der Waals surface area contributed by atoms with Gasteiger partial charge >= 0.3 is 0 Å². The summed E-state index contributed by atoms with van der Waals surface area (Å²) >= 11 is 0. The normalized spacial score (nSPS) is 16.1. The van der Waals surface area contributed by atoms with Crippen molar-refractivity contribution in [2.24, 2.45) is 0 Å². The molecule has 1 aliphatic rings. The molecule has 2 rings (SSSR count). The summed E-state index contributed by atoms with van der Waals surface area (Å²) in [6.45, 7) is -0.0469. The van der Waals surface area contributed by atoms with Crippen molar-refractivity contribution in [3.05, 3.63) is 16.4 Å². The van der Waals surface area contributed by atoms with E-state index in [1.54, 1.807) is 0 Å². The van der Waals surface area contributed by atoms with Crippen molar-refractivity contribution in [1.29, 1.82) is 0 Å². The van der Waals surface area contributed by atoms with E-state index >= 15 is 0 Å². The smallest absolute Gasteiger partial charge is 0.254 e. The highest BCUT2D eigenvalue weighted by atomic mass is 16.2. The van der Waals surface area contributed by atoms with Gasteiger partial charge in [0.25, 0.3) is 5.56 Å². The van der Waals surface area contributed by atoms with E-state index in [4.69, 9.17) is 5.73 Å². The van der Waals surface area contributed by atoms with E-state index in [0.29, 0.717) is 0 Å². The van der Waals surface area contributed by atoms with Crippen LogP contribution in [0.1, 0.15) is 6.42 Å². The highest BCUT2D eigenvalue weighted by Crippen LogP contribution is 2.15. The number of nitrogens with two attached hydrogens (primary N) is 1. The van der Waals surface area contributed by atoms with Crippen LogP contribution in [-0.2, 0) is 9.59 Å². The molecular weight excluding hydrogens is 200 g/mol. The first kappa shape index (κ1) is 9.38. The Hall–Kier alpha value is -2.18. The van der Waals surface area contributed by atoms with Crippen LogP contribution in [-0.4, -0.2) is 28.2 Å². The number of nitrogens with one attached hydrogen (secondary N) is 1. The molecule has 0 aliphatic carbocycles. The summed E-state index contributed by atoms with van der Waals surface area (Å²) in [4.78, 5) is 40.5. The molecule has 1 aromatic heterocycles. The second-order valence-corrected chi connectivity index (χ2v) is 3.18. The molecule has 1 amide bonds. The van der Waals surface area contributed by atoms with Crippen molar-refractivity contribution in [2.75, 3.05) is 17.2 Å². The van der Waals surface area contributed by atoms with E-state index in [1.807, 2.05) is 0 Å². The SMILES string of the molecule is Nc1nc(N2CC(=O)CC2=O)cc(=O)[nH]1. The van der Waals surface area contributed by atoms with Crippen molar-refractivity contribution in [2.45, 2.75) is 6.42 Å². The lowest BCUT2D eigenvalue weighted by atomic mass is 10.3. The van der Waals surface area contributed by atoms with Gasteiger partial charge in [-0.1, -0.05) is 0 Å². The Balaban J connectivity index is 2.41. The number of hydrogen-bond acceptors (Lipinski definition) is 5. The molecule has 15 heavy (non-hydrogen) atoms. The number of carbonyl (C=O) groups is 2. The maximum atomic E-state index is 11.3. The number of amides is 1. The van der Waals surface area contributed by atoms with Gasteiger partial charge in [-0.2, -0.15) is 4.98 Å². The maximum absolute atomic E-state index is 11.3. The number of hydrogen-bond donors (Lipinski definition) is 2. The van der Waals surface area contributed by atoms with Crippen molar-refractivity contribution in [3.8, 4) is 0 Å². The van der Waals surface area contributed by atoms with Crippen LogP contribution in [0.2, 0.25) is 0 Å². The number of Topliss-reactive ketones (excluding diaryl/α,β-unsaturated/α-hetero) is 1. The molecule has 1 fully saturated rings. The zero-order chi connectivity index (χ0) is 11.0. The highest BCUT2D eigenvalue weighted by molar-refractivity contribution is 6.14. The van der Waals surface area contributed by atoms with Crippen LogP contribution in [0.3, 0.4) is 0 Å². The van der Waals surface area contributed by atoms with Crippen LogP contribution in [0.4, 0.5) is 11.8 Å². The summed E-state index contributed by atoms with van der Waals surface area (Å²) in [5, 5.41) is 0. The van der Waals surface area contributed by atoms with Crippen LogP contribution in [0.25, 0.3) is 0 Å². The predicted molar refractivity (Wildman–Crippen MR) is 51.2 cm³/mol. The van der Waals surface area contributed by atoms with Gasteiger partial charge in [-0.05, 0) is 0 Å². The Labute approximate surface area is 83.9 Å². The fraction of sp³-hybridized carbons (Fsp3) is 0.250. The molecule has 0 spiro atoms. The van der Waals surface area contributed by atoms with E-state index in [-0.39, 0.29) is 36.4 Å². The van der Waals surface area contributed by atoms with Crippen molar-refractivity contribution >= 4 is 23.5 Å². The number of nitrogen functional groups attached to an aromatic ring is 1. The molecule has 78 valence electrons. The molecule has 1 aromatic rings. The number of ketones is 1. The van der Waals surface area contributed by atoms with Gasteiger partial charge < -0.3 is 5.73 Å². The highest BCUT2D eigenvalue weighted by Gasteiger charge is 2.29. The third-order valence-electron chi connectivity index (χ3n) is 2.01. The van der Waals surface area contributed by atoms with Crippen LogP contribution in [0.15, 0.2) is 10.9 Å². The van der Waals surface area contributed by atoms with Crippen molar-refractivity contribution in [3.63, 3.8) is 0 Å². The number of aromatic nitrogens is 2. The Morgan fingerprint density at radius 1 is 1.40 bits per heavy atom. The predicted octanol–water partition coefficient (Wildman–Crippen LogP) is -1.34. The molecule has 3 N–H and O–H groups in total. The average molecular weight is 208 g/mol. The minimum Gasteiger partial charge on any atom is -0.369 e. The second-order valence-electron chi connectivity index (χ2n) is 3.18. The first-order valence-electron chi connectivity index (χ1n) is 4.25. The molecule has 2 heterocycles. The molecule has 7 heteroatoms.